The van der Waals surface area contributed by atoms with Gasteiger partial charge in [-0.3, -0.25) is 9.78 Å². The Labute approximate surface area is 173 Å². The van der Waals surface area contributed by atoms with Gasteiger partial charge in [-0.25, -0.2) is 4.79 Å². The zero-order valence-corrected chi connectivity index (χ0v) is 17.2. The summed E-state index contributed by atoms with van der Waals surface area (Å²) in [6, 6.07) is 10.3. The van der Waals surface area contributed by atoms with Crippen LogP contribution in [0.2, 0.25) is 5.02 Å². The summed E-state index contributed by atoms with van der Waals surface area (Å²) in [6.07, 6.45) is 3.62. The lowest BCUT2D eigenvalue weighted by Crippen LogP contribution is -2.36. The molecule has 3 rings (SSSR count). The highest BCUT2D eigenvalue weighted by Crippen LogP contribution is 2.32. The highest BCUT2D eigenvalue weighted by Gasteiger charge is 2.18. The van der Waals surface area contributed by atoms with Gasteiger partial charge in [-0.1, -0.05) is 31.0 Å². The van der Waals surface area contributed by atoms with E-state index in [2.05, 4.69) is 17.2 Å². The zero-order chi connectivity index (χ0) is 20.8. The van der Waals surface area contributed by atoms with Crippen molar-refractivity contribution in [3.05, 3.63) is 69.3 Å². The van der Waals surface area contributed by atoms with Crippen LogP contribution in [0, 0.1) is 0 Å². The van der Waals surface area contributed by atoms with Crippen molar-refractivity contribution in [1.29, 1.82) is 0 Å². The first kappa shape index (κ1) is 20.9. The van der Waals surface area contributed by atoms with E-state index < -0.39 is 11.7 Å². The van der Waals surface area contributed by atoms with Crippen molar-refractivity contribution in [1.82, 2.24) is 10.3 Å². The highest BCUT2D eigenvalue weighted by molar-refractivity contribution is 6.32. The van der Waals surface area contributed by atoms with Crippen molar-refractivity contribution >= 4 is 28.5 Å². The molecule has 0 bridgehead atoms. The molecule has 1 N–H and O–H groups in total. The van der Waals surface area contributed by atoms with Gasteiger partial charge in [0.25, 0.3) is 5.91 Å². The van der Waals surface area contributed by atoms with E-state index >= 15 is 0 Å². The minimum Gasteiger partial charge on any atom is -0.479 e. The van der Waals surface area contributed by atoms with Gasteiger partial charge in [-0.2, -0.15) is 0 Å². The van der Waals surface area contributed by atoms with E-state index in [0.29, 0.717) is 17.2 Å². The van der Waals surface area contributed by atoms with Crippen LogP contribution >= 0.6 is 11.6 Å². The fraction of sp³-hybridized carbons (Fsp3) is 0.318. The van der Waals surface area contributed by atoms with Crippen LogP contribution in [0.4, 0.5) is 0 Å². The molecule has 0 radical (unpaired) electrons. The summed E-state index contributed by atoms with van der Waals surface area (Å²) in [5.41, 5.74) is 1.62. The van der Waals surface area contributed by atoms with Gasteiger partial charge in [0.2, 0.25) is 0 Å². The number of aromatic nitrogens is 1. The molecule has 0 aliphatic carbocycles. The van der Waals surface area contributed by atoms with Crippen LogP contribution in [-0.2, 0) is 17.8 Å². The predicted molar refractivity (Wildman–Crippen MR) is 112 cm³/mol. The van der Waals surface area contributed by atoms with Gasteiger partial charge in [0, 0.05) is 23.7 Å². The first-order chi connectivity index (χ1) is 14.0. The number of ether oxygens (including phenoxy) is 1. The molecule has 3 aromatic rings. The van der Waals surface area contributed by atoms with Crippen LogP contribution in [0.1, 0.15) is 37.9 Å². The number of hydrogen-bond donors (Lipinski definition) is 1. The third-order valence-corrected chi connectivity index (χ3v) is 4.82. The first-order valence-corrected chi connectivity index (χ1v) is 9.96. The maximum atomic E-state index is 12.3. The number of aryl methyl sites for hydroxylation is 1. The Morgan fingerprint density at radius 2 is 2.14 bits per heavy atom. The first-order valence-electron chi connectivity index (χ1n) is 9.58. The number of amides is 1. The number of benzene rings is 1. The fourth-order valence-corrected chi connectivity index (χ4v) is 3.17. The van der Waals surface area contributed by atoms with Crippen molar-refractivity contribution in [3.63, 3.8) is 0 Å². The molecule has 29 heavy (non-hydrogen) atoms. The predicted octanol–water partition coefficient (Wildman–Crippen LogP) is 4.27. The molecule has 1 amide bonds. The molecule has 0 saturated carbocycles. The van der Waals surface area contributed by atoms with Gasteiger partial charge in [0.15, 0.2) is 6.10 Å². The monoisotopic (exact) mass is 414 g/mol. The second-order valence-electron chi connectivity index (χ2n) is 6.77. The molecule has 0 unspecified atom stereocenters. The molecule has 1 aromatic carbocycles. The van der Waals surface area contributed by atoms with Crippen LogP contribution < -0.4 is 15.7 Å². The topological polar surface area (TPSA) is 81.4 Å². The minimum atomic E-state index is -0.788. The molecule has 152 valence electrons. The number of halogens is 1. The van der Waals surface area contributed by atoms with Crippen molar-refractivity contribution in [3.8, 4) is 5.75 Å². The molecule has 0 fully saturated rings. The Morgan fingerprint density at radius 3 is 2.86 bits per heavy atom. The Morgan fingerprint density at radius 1 is 1.31 bits per heavy atom. The summed E-state index contributed by atoms with van der Waals surface area (Å²) in [7, 11) is 0. The second-order valence-corrected chi connectivity index (χ2v) is 7.18. The molecule has 0 aliphatic heterocycles. The standard InChI is InChI=1S/C22H23ClN2O4/c1-3-4-7-15-10-21(26)29-19-12-20(18(23)11-17(15)19)28-14(2)22(27)25-13-16-8-5-6-9-24-16/h5-6,8-12,14H,3-4,7,13H2,1-2H3,(H,25,27)/t14-/m1/s1. The van der Waals surface area contributed by atoms with Crippen molar-refractivity contribution in [2.75, 3.05) is 0 Å². The quantitative estimate of drug-likeness (QED) is 0.557. The molecular formula is C22H23ClN2O4. The van der Waals surface area contributed by atoms with E-state index in [0.717, 1.165) is 35.9 Å². The number of carbonyl (C=O) groups is 1. The second kappa shape index (κ2) is 9.56. The van der Waals surface area contributed by atoms with Crippen LogP contribution in [-0.4, -0.2) is 17.0 Å². The van der Waals surface area contributed by atoms with Gasteiger partial charge in [0.05, 0.1) is 17.3 Å². The maximum absolute atomic E-state index is 12.3. The summed E-state index contributed by atoms with van der Waals surface area (Å²) in [5, 5.41) is 3.91. The van der Waals surface area contributed by atoms with Crippen LogP contribution in [0.15, 0.2) is 51.8 Å². The molecule has 2 aromatic heterocycles. The largest absolute Gasteiger partial charge is 0.479 e. The van der Waals surface area contributed by atoms with Gasteiger partial charge in [-0.15, -0.1) is 0 Å². The summed E-state index contributed by atoms with van der Waals surface area (Å²) < 4.78 is 11.1. The minimum absolute atomic E-state index is 0.287. The van der Waals surface area contributed by atoms with Crippen molar-refractivity contribution < 1.29 is 13.9 Å². The van der Waals surface area contributed by atoms with Gasteiger partial charge >= 0.3 is 5.63 Å². The van der Waals surface area contributed by atoms with Gasteiger partial charge in [0.1, 0.15) is 11.3 Å². The lowest BCUT2D eigenvalue weighted by molar-refractivity contribution is -0.127. The highest BCUT2D eigenvalue weighted by atomic mass is 35.5. The van der Waals surface area contributed by atoms with Crippen LogP contribution in [0.25, 0.3) is 11.0 Å². The van der Waals surface area contributed by atoms with E-state index in [4.69, 9.17) is 20.8 Å². The van der Waals surface area contributed by atoms with E-state index in [9.17, 15) is 9.59 Å². The number of carbonyl (C=O) groups excluding carboxylic acids is 1. The lowest BCUT2D eigenvalue weighted by atomic mass is 10.0. The Hall–Kier alpha value is -2.86. The average Bonchev–Trinajstić information content (AvgIpc) is 2.72. The van der Waals surface area contributed by atoms with Crippen molar-refractivity contribution in [2.24, 2.45) is 0 Å². The fourth-order valence-electron chi connectivity index (χ4n) is 2.96. The smallest absolute Gasteiger partial charge is 0.336 e. The van der Waals surface area contributed by atoms with E-state index in [1.807, 2.05) is 18.2 Å². The van der Waals surface area contributed by atoms with Crippen LogP contribution in [0.3, 0.4) is 0 Å². The molecule has 7 heteroatoms. The molecule has 0 spiro atoms. The average molecular weight is 415 g/mol. The van der Waals surface area contributed by atoms with Crippen molar-refractivity contribution in [2.45, 2.75) is 45.8 Å². The molecule has 6 nitrogen and oxygen atoms in total. The number of hydrogen-bond acceptors (Lipinski definition) is 5. The Balaban J connectivity index is 1.76. The van der Waals surface area contributed by atoms with E-state index in [-0.39, 0.29) is 11.7 Å². The maximum Gasteiger partial charge on any atom is 0.336 e. The lowest BCUT2D eigenvalue weighted by Gasteiger charge is -2.16. The number of nitrogens with zero attached hydrogens (tertiary/aromatic N) is 1. The van der Waals surface area contributed by atoms with Gasteiger partial charge < -0.3 is 14.5 Å². The summed E-state index contributed by atoms with van der Waals surface area (Å²) in [6.45, 7) is 4.02. The summed E-state index contributed by atoms with van der Waals surface area (Å²) >= 11 is 6.38. The number of unbranched alkanes of at least 4 members (excludes halogenated alkanes) is 1. The molecule has 2 heterocycles. The Kier molecular flexibility index (Phi) is 6.88. The molecule has 1 atom stereocenters. The third kappa shape index (κ3) is 5.35. The summed E-state index contributed by atoms with van der Waals surface area (Å²) in [4.78, 5) is 28.4. The van der Waals surface area contributed by atoms with E-state index in [1.54, 1.807) is 25.3 Å². The molecular weight excluding hydrogens is 392 g/mol. The number of rotatable bonds is 8. The number of pyridine rings is 1. The summed E-state index contributed by atoms with van der Waals surface area (Å²) in [5.74, 6) is -0.0135. The third-order valence-electron chi connectivity index (χ3n) is 4.53. The van der Waals surface area contributed by atoms with Gasteiger partial charge in [-0.05, 0) is 43.5 Å². The number of nitrogens with one attached hydrogen (secondary N) is 1. The Bertz CT molecular complexity index is 1050. The van der Waals surface area contributed by atoms with Crippen LogP contribution in [0.5, 0.6) is 5.75 Å². The molecule has 0 aliphatic rings. The normalized spacial score (nSPS) is 12.0. The number of fused-ring (bicyclic) bond motifs is 1. The van der Waals surface area contributed by atoms with E-state index in [1.165, 1.54) is 6.07 Å². The molecule has 0 saturated heterocycles. The SMILES string of the molecule is CCCCc1cc(=O)oc2cc(O[C@H](C)C(=O)NCc3ccccn3)c(Cl)cc12. The zero-order valence-electron chi connectivity index (χ0n) is 16.4.